The van der Waals surface area contributed by atoms with E-state index in [-0.39, 0.29) is 0 Å². The average molecular weight is 1710 g/mol. The molecule has 24 nitrogen and oxygen atoms in total. The van der Waals surface area contributed by atoms with Crippen LogP contribution in [0.2, 0.25) is 0 Å². The minimum atomic E-state index is 0.367. The Kier molecular flexibility index (Phi) is 17.1. The van der Waals surface area contributed by atoms with Gasteiger partial charge in [0.05, 0.1) is 104 Å². The second-order valence-corrected chi connectivity index (χ2v) is 32.6. The molecule has 0 bridgehead atoms. The van der Waals surface area contributed by atoms with Gasteiger partial charge in [0, 0.05) is 66.8 Å². The molecule has 0 atom stereocenters. The van der Waals surface area contributed by atoms with Gasteiger partial charge in [-0.1, -0.05) is 182 Å². The number of rotatable bonds is 2. The summed E-state index contributed by atoms with van der Waals surface area (Å²) in [5, 5.41) is 11.1. The molecule has 0 N–H and O–H groups in total. The predicted molar refractivity (Wildman–Crippen MR) is 506 cm³/mol. The Labute approximate surface area is 755 Å². The van der Waals surface area contributed by atoms with Crippen LogP contribution in [-0.2, 0) is 32.7 Å². The number of nitrogens with zero attached hydrogens (tertiary/aromatic N) is 21. The van der Waals surface area contributed by atoms with E-state index >= 15 is 0 Å². The SMILES string of the molecule is [C-]#[N+]c1ccc2c[n+]3n(c2c1[N+]#[C-])-c1c(ccc2c1oc1ccccc12)C3.[C-]#[N+]c1ccc2c[n+]3n(c2c1[N+]#[C-])-c1c(ccc2c1oc1ncccc12)C3.[C-]#[N+]c1ccc2c[n+]3n(c2c1[N+]#[C-])-c1c(cccc1-c1ccccc1)C3.[C-]#[N+]c1ccc2c[n+]3n(c2c1[N+]#[C-])-c1cc2oc4ccccc4c2cc1C3.[C-]#[N+]c1ccc2c[n+]3n(c2c1[N+]#[C-])-c1ccc(-c2ccccc2)cc1C3. The Morgan fingerprint density at radius 2 is 0.647 bits per heavy atom. The maximum atomic E-state index is 7.64. The average Bonchev–Trinajstić information content (AvgIpc) is 1.55. The lowest BCUT2D eigenvalue weighted by Crippen LogP contribution is -2.36. The van der Waals surface area contributed by atoms with E-state index in [2.05, 4.69) is 202 Å². The molecule has 28 rings (SSSR count). The lowest BCUT2D eigenvalue weighted by atomic mass is 10.0. The fourth-order valence-electron chi connectivity index (χ4n) is 19.9. The Morgan fingerprint density at radius 1 is 0.256 bits per heavy atom. The third-order valence-corrected chi connectivity index (χ3v) is 25.6. The highest BCUT2D eigenvalue weighted by Gasteiger charge is 2.40. The molecule has 9 aromatic heterocycles. The molecular weight excluding hydrogens is 1650 g/mol. The van der Waals surface area contributed by atoms with Gasteiger partial charge in [-0.15, -0.1) is 46.8 Å². The summed E-state index contributed by atoms with van der Waals surface area (Å²) in [5.41, 5.74) is 28.2. The van der Waals surface area contributed by atoms with Crippen LogP contribution in [0.4, 0.5) is 56.9 Å². The van der Waals surface area contributed by atoms with Crippen LogP contribution in [0.1, 0.15) is 27.8 Å². The Balaban J connectivity index is 0.0000000915. The molecule has 14 heterocycles. The standard InChI is InChI=1S/2C22H11N4O.2C22H13N4.C21H10N5O/c1-23-17-10-8-13-11-25-12-14-7-9-16-15-5-3-4-6-18(15)27-22(16)21(14)26(25)20(13)19(17)24-2;1-23-17-8-7-13-11-25-12-14-9-16-15-5-3-4-6-19(15)27-20(16)10-18(14)26(25)22(13)21(17)24-2;1-23-19-12-11-17-14-25-13-16-9-6-10-18(15-7-4-3-5-8-15)21(16)26(25)22(17)20(19)24-2;1-23-19-10-8-17-13-25-14-18-12-16(15-6-4-3-5-7-15)9-11-20(18)26(25)22(17)21(19)24-2;1-22-16-8-6-12-10-25-11-13-5-7-14-15-4-3-9-24-21(15)27-20(14)19(13)26(25)18(12)17(16)23-2/h2*3-11H,12H2;3-12,14H,13H2;3-13H,14H2;3-10H,11H2/q5*+1. The van der Waals surface area contributed by atoms with Gasteiger partial charge in [-0.3, -0.25) is 24.2 Å². The van der Waals surface area contributed by atoms with Crippen molar-refractivity contribution in [3.05, 3.63) is 434 Å². The highest BCUT2D eigenvalue weighted by atomic mass is 16.3. The molecule has 14 aromatic carbocycles. The molecule has 0 unspecified atom stereocenters. The molecule has 0 saturated carbocycles. The smallest absolute Gasteiger partial charge is 0.227 e. The van der Waals surface area contributed by atoms with Crippen LogP contribution >= 0.6 is 0 Å². The van der Waals surface area contributed by atoms with Crippen LogP contribution in [0.3, 0.4) is 0 Å². The third kappa shape index (κ3) is 11.5. The number of pyridine rings is 1. The van der Waals surface area contributed by atoms with Crippen molar-refractivity contribution in [2.45, 2.75) is 32.7 Å². The van der Waals surface area contributed by atoms with Gasteiger partial charge in [-0.2, -0.15) is 0 Å². The summed E-state index contributed by atoms with van der Waals surface area (Å²) in [6, 6.07) is 84.2. The summed E-state index contributed by atoms with van der Waals surface area (Å²) < 4.78 is 39.2. The topological polar surface area (TPSA) is 140 Å². The zero-order valence-electron chi connectivity index (χ0n) is 69.9. The number of fused-ring (bicyclic) bond motifs is 36. The largest absolute Gasteiger partial charge is 0.456 e. The molecule has 0 radical (unpaired) electrons. The molecule has 5 aliphatic heterocycles. The van der Waals surface area contributed by atoms with Gasteiger partial charge in [0.25, 0.3) is 0 Å². The van der Waals surface area contributed by atoms with E-state index in [9.17, 15) is 0 Å². The van der Waals surface area contributed by atoms with Crippen molar-refractivity contribution < 1.29 is 36.7 Å². The zero-order valence-corrected chi connectivity index (χ0v) is 69.9. The van der Waals surface area contributed by atoms with Gasteiger partial charge in [0.1, 0.15) is 61.4 Å². The van der Waals surface area contributed by atoms with E-state index in [0.717, 1.165) is 185 Å². The summed E-state index contributed by atoms with van der Waals surface area (Å²) in [6.07, 6.45) is 11.9. The van der Waals surface area contributed by atoms with Crippen LogP contribution in [0.25, 0.3) is 220 Å². The Morgan fingerprint density at radius 3 is 1.14 bits per heavy atom. The summed E-state index contributed by atoms with van der Waals surface area (Å²) in [6.45, 7) is 78.6. The van der Waals surface area contributed by atoms with Crippen molar-refractivity contribution in [3.8, 4) is 50.7 Å². The van der Waals surface area contributed by atoms with Crippen molar-refractivity contribution in [1.29, 1.82) is 0 Å². The minimum absolute atomic E-state index is 0.367. The second kappa shape index (κ2) is 29.8. The van der Waals surface area contributed by atoms with Gasteiger partial charge >= 0.3 is 0 Å². The Bertz CT molecular complexity index is 9440. The lowest BCUT2D eigenvalue weighted by Gasteiger charge is -2.08. The molecule has 0 fully saturated rings. The molecule has 0 aliphatic carbocycles. The van der Waals surface area contributed by atoms with Gasteiger partial charge in [0.15, 0.2) is 83.7 Å². The fourth-order valence-corrected chi connectivity index (χ4v) is 19.9. The van der Waals surface area contributed by atoms with Crippen molar-refractivity contribution in [1.82, 2.24) is 28.4 Å². The van der Waals surface area contributed by atoms with E-state index in [0.29, 0.717) is 75.7 Å². The quantitative estimate of drug-likeness (QED) is 0.126. The normalized spacial score (nSPS) is 12.0. The van der Waals surface area contributed by atoms with E-state index in [4.69, 9.17) is 79.0 Å². The maximum Gasteiger partial charge on any atom is 0.227 e. The van der Waals surface area contributed by atoms with E-state index < -0.39 is 0 Å². The van der Waals surface area contributed by atoms with Gasteiger partial charge in [-0.05, 0) is 83.4 Å². The van der Waals surface area contributed by atoms with Crippen molar-refractivity contribution >= 4 is 177 Å². The van der Waals surface area contributed by atoms with Crippen LogP contribution < -0.4 is 23.4 Å². The summed E-state index contributed by atoms with van der Waals surface area (Å²) in [7, 11) is 0. The van der Waals surface area contributed by atoms with Crippen LogP contribution in [0.15, 0.2) is 305 Å². The minimum Gasteiger partial charge on any atom is -0.456 e. The number of aromatic nitrogens is 11. The van der Waals surface area contributed by atoms with E-state index in [1.807, 2.05) is 154 Å². The zero-order chi connectivity index (χ0) is 89.7. The van der Waals surface area contributed by atoms with E-state index in [1.54, 1.807) is 36.5 Å². The van der Waals surface area contributed by atoms with Gasteiger partial charge in [0.2, 0.25) is 65.1 Å². The number of para-hydroxylation sites is 3. The first-order valence-corrected chi connectivity index (χ1v) is 42.2. The fraction of sp³-hybridized carbons (Fsp3) is 0.0459. The molecule has 5 aliphatic rings. The number of hydrogen-bond acceptors (Lipinski definition) is 4. The number of furan rings is 3. The maximum absolute atomic E-state index is 7.64. The first kappa shape index (κ1) is 76.5. The molecule has 612 valence electrons. The highest BCUT2D eigenvalue weighted by molar-refractivity contribution is 6.12. The van der Waals surface area contributed by atoms with Crippen LogP contribution in [0, 0.1) is 65.7 Å². The van der Waals surface area contributed by atoms with Crippen LogP contribution in [0.5, 0.6) is 0 Å². The number of hydrogen-bond donors (Lipinski definition) is 0. The first-order chi connectivity index (χ1) is 65.5. The molecule has 0 spiro atoms. The molecule has 24 heteroatoms. The summed E-state index contributed by atoms with van der Waals surface area (Å²) in [5.74, 6) is 0. The predicted octanol–water partition coefficient (Wildman–Crippen LogP) is 25.3. The first-order valence-electron chi connectivity index (χ1n) is 42.2. The van der Waals surface area contributed by atoms with Gasteiger partial charge < -0.3 is 13.3 Å². The third-order valence-electron chi connectivity index (χ3n) is 25.6. The monoisotopic (exact) mass is 1710 g/mol. The molecular formula is C109H58N21O3+5. The highest BCUT2D eigenvalue weighted by Crippen LogP contribution is 2.49. The second-order valence-electron chi connectivity index (χ2n) is 32.6. The van der Waals surface area contributed by atoms with Crippen molar-refractivity contribution in [2.24, 2.45) is 0 Å². The summed E-state index contributed by atoms with van der Waals surface area (Å²) in [4.78, 5) is 40.4. The summed E-state index contributed by atoms with van der Waals surface area (Å²) >= 11 is 0. The lowest BCUT2D eigenvalue weighted by molar-refractivity contribution is -0.749. The van der Waals surface area contributed by atoms with Crippen molar-refractivity contribution in [2.75, 3.05) is 0 Å². The molecule has 0 amide bonds. The Hall–Kier alpha value is -20.1. The van der Waals surface area contributed by atoms with E-state index in [1.165, 1.54) is 27.8 Å². The van der Waals surface area contributed by atoms with Crippen LogP contribution in [-0.4, -0.2) is 28.4 Å². The van der Waals surface area contributed by atoms with Crippen molar-refractivity contribution in [3.63, 3.8) is 0 Å². The molecule has 133 heavy (non-hydrogen) atoms. The van der Waals surface area contributed by atoms with Gasteiger partial charge in [-0.25, -0.2) is 29.2 Å². The molecule has 23 aromatic rings. The number of benzene rings is 14. The molecule has 0 saturated heterocycles.